The van der Waals surface area contributed by atoms with Gasteiger partial charge in [-0.1, -0.05) is 44.2 Å². The Morgan fingerprint density at radius 1 is 1.32 bits per heavy atom. The fourth-order valence-electron chi connectivity index (χ4n) is 1.47. The van der Waals surface area contributed by atoms with Crippen LogP contribution in [0.15, 0.2) is 30.3 Å². The molecule has 1 rings (SSSR count). The molecule has 1 aromatic carbocycles. The number of benzene rings is 1. The summed E-state index contributed by atoms with van der Waals surface area (Å²) in [5.41, 5.74) is 0.783. The van der Waals surface area contributed by atoms with Gasteiger partial charge in [0.25, 0.3) is 10.1 Å². The highest BCUT2D eigenvalue weighted by molar-refractivity contribution is 7.86. The van der Waals surface area contributed by atoms with Crippen LogP contribution in [0.4, 0.5) is 4.79 Å². The molecule has 0 aliphatic carbocycles. The van der Waals surface area contributed by atoms with Crippen molar-refractivity contribution in [3.8, 4) is 0 Å². The van der Waals surface area contributed by atoms with Gasteiger partial charge in [-0.2, -0.15) is 8.42 Å². The molecular weight excluding hydrogens is 270 g/mol. The Morgan fingerprint density at radius 2 is 1.89 bits per heavy atom. The molecule has 0 saturated heterocycles. The number of ether oxygens (including phenoxy) is 1. The van der Waals surface area contributed by atoms with Crippen molar-refractivity contribution in [2.24, 2.45) is 5.92 Å². The Kier molecular flexibility index (Phi) is 5.31. The molecule has 106 valence electrons. The maximum Gasteiger partial charge on any atom is 0.408 e. The lowest BCUT2D eigenvalue weighted by Crippen LogP contribution is -2.44. The van der Waals surface area contributed by atoms with E-state index in [0.717, 1.165) is 5.56 Å². The average molecular weight is 287 g/mol. The molecule has 0 saturated carbocycles. The average Bonchev–Trinajstić information content (AvgIpc) is 2.33. The molecule has 2 N–H and O–H groups in total. The molecule has 1 unspecified atom stereocenters. The molecule has 0 aliphatic rings. The van der Waals surface area contributed by atoms with Gasteiger partial charge in [-0.3, -0.25) is 4.55 Å². The van der Waals surface area contributed by atoms with Gasteiger partial charge in [0.1, 0.15) is 6.61 Å². The summed E-state index contributed by atoms with van der Waals surface area (Å²) in [4.78, 5) is 11.5. The molecule has 0 aliphatic heterocycles. The predicted molar refractivity (Wildman–Crippen MR) is 69.9 cm³/mol. The zero-order valence-corrected chi connectivity index (χ0v) is 11.6. The van der Waals surface area contributed by atoms with Gasteiger partial charge in [-0.05, 0) is 11.5 Å². The van der Waals surface area contributed by atoms with Gasteiger partial charge in [0.15, 0.2) is 5.37 Å². The Hall–Kier alpha value is -1.60. The monoisotopic (exact) mass is 287 g/mol. The second kappa shape index (κ2) is 6.53. The topological polar surface area (TPSA) is 92.7 Å². The van der Waals surface area contributed by atoms with E-state index in [1.165, 1.54) is 0 Å². The van der Waals surface area contributed by atoms with E-state index in [4.69, 9.17) is 9.29 Å². The summed E-state index contributed by atoms with van der Waals surface area (Å²) >= 11 is 0. The highest BCUT2D eigenvalue weighted by Gasteiger charge is 2.28. The Bertz CT molecular complexity index is 512. The third kappa shape index (κ3) is 5.27. The summed E-state index contributed by atoms with van der Waals surface area (Å²) < 4.78 is 36.0. The van der Waals surface area contributed by atoms with Crippen LogP contribution < -0.4 is 5.32 Å². The number of carbonyl (C=O) groups is 1. The van der Waals surface area contributed by atoms with Gasteiger partial charge in [0.2, 0.25) is 0 Å². The van der Waals surface area contributed by atoms with E-state index in [1.54, 1.807) is 38.1 Å². The van der Waals surface area contributed by atoms with Crippen LogP contribution in [0, 0.1) is 5.92 Å². The minimum atomic E-state index is -4.35. The summed E-state index contributed by atoms with van der Waals surface area (Å²) in [6.07, 6.45) is -0.889. The summed E-state index contributed by atoms with van der Waals surface area (Å²) in [5.74, 6) is -0.473. The molecule has 0 bridgehead atoms. The van der Waals surface area contributed by atoms with Crippen molar-refractivity contribution in [2.45, 2.75) is 25.8 Å². The summed E-state index contributed by atoms with van der Waals surface area (Å²) in [5, 5.41) is 0.749. The smallest absolute Gasteiger partial charge is 0.408 e. The molecule has 0 spiro atoms. The third-order valence-electron chi connectivity index (χ3n) is 2.40. The first-order valence-corrected chi connectivity index (χ1v) is 7.24. The minimum absolute atomic E-state index is 0.0307. The van der Waals surface area contributed by atoms with Crippen LogP contribution in [0.2, 0.25) is 0 Å². The number of rotatable bonds is 5. The van der Waals surface area contributed by atoms with Gasteiger partial charge >= 0.3 is 6.09 Å². The van der Waals surface area contributed by atoms with Crippen molar-refractivity contribution in [2.75, 3.05) is 0 Å². The van der Waals surface area contributed by atoms with Crippen LogP contribution in [-0.2, 0) is 21.5 Å². The van der Waals surface area contributed by atoms with Gasteiger partial charge in [0.05, 0.1) is 0 Å². The fraction of sp³-hybridized carbons (Fsp3) is 0.417. The maximum atomic E-state index is 11.5. The molecule has 0 radical (unpaired) electrons. The number of nitrogens with one attached hydrogen (secondary N) is 1. The van der Waals surface area contributed by atoms with Crippen molar-refractivity contribution in [3.05, 3.63) is 35.9 Å². The molecule has 1 atom stereocenters. The van der Waals surface area contributed by atoms with E-state index >= 15 is 0 Å². The lowest BCUT2D eigenvalue weighted by molar-refractivity contribution is 0.136. The molecular formula is C12H17NO5S. The highest BCUT2D eigenvalue weighted by atomic mass is 32.2. The molecule has 7 heteroatoms. The zero-order chi connectivity index (χ0) is 14.5. The van der Waals surface area contributed by atoms with E-state index in [0.29, 0.717) is 0 Å². The second-order valence-corrected chi connectivity index (χ2v) is 5.92. The zero-order valence-electron chi connectivity index (χ0n) is 10.7. The highest BCUT2D eigenvalue weighted by Crippen LogP contribution is 2.08. The first-order valence-electron chi connectivity index (χ1n) is 5.74. The quantitative estimate of drug-likeness (QED) is 0.805. The second-order valence-electron chi connectivity index (χ2n) is 4.39. The van der Waals surface area contributed by atoms with Crippen LogP contribution in [-0.4, -0.2) is 24.4 Å². The minimum Gasteiger partial charge on any atom is -0.445 e. The Labute approximate surface area is 112 Å². The summed E-state index contributed by atoms with van der Waals surface area (Å²) in [6.45, 7) is 3.16. The van der Waals surface area contributed by atoms with E-state index in [2.05, 4.69) is 5.32 Å². The standard InChI is InChI=1S/C12H17NO5S/c1-9(2)11(19(15,16)17)13-12(14)18-8-10-6-4-3-5-7-10/h3-7,9,11H,8H2,1-2H3,(H,13,14)(H,15,16,17). The molecule has 0 heterocycles. The molecule has 1 aromatic rings. The molecule has 0 aromatic heterocycles. The van der Waals surface area contributed by atoms with Gasteiger partial charge in [-0.25, -0.2) is 4.79 Å². The van der Waals surface area contributed by atoms with E-state index < -0.39 is 27.5 Å². The SMILES string of the molecule is CC(C)C(NC(=O)OCc1ccccc1)S(=O)(=O)O. The van der Waals surface area contributed by atoms with E-state index in [9.17, 15) is 13.2 Å². The van der Waals surface area contributed by atoms with Crippen LogP contribution >= 0.6 is 0 Å². The number of hydrogen-bond acceptors (Lipinski definition) is 4. The Morgan fingerprint density at radius 3 is 2.37 bits per heavy atom. The number of amides is 1. The lowest BCUT2D eigenvalue weighted by atomic mass is 10.2. The summed E-state index contributed by atoms with van der Waals surface area (Å²) in [6, 6.07) is 8.97. The van der Waals surface area contributed by atoms with Gasteiger partial charge in [-0.15, -0.1) is 0 Å². The van der Waals surface area contributed by atoms with Crippen LogP contribution in [0.1, 0.15) is 19.4 Å². The van der Waals surface area contributed by atoms with Crippen molar-refractivity contribution in [1.29, 1.82) is 0 Å². The number of carbonyl (C=O) groups excluding carboxylic acids is 1. The van der Waals surface area contributed by atoms with Crippen molar-refractivity contribution >= 4 is 16.2 Å². The maximum absolute atomic E-state index is 11.5. The van der Waals surface area contributed by atoms with Crippen molar-refractivity contribution < 1.29 is 22.5 Å². The molecule has 0 fully saturated rings. The summed E-state index contributed by atoms with van der Waals surface area (Å²) in [7, 11) is -4.35. The van der Waals surface area contributed by atoms with E-state index in [1.807, 2.05) is 6.07 Å². The normalized spacial score (nSPS) is 13.1. The van der Waals surface area contributed by atoms with Crippen LogP contribution in [0.25, 0.3) is 0 Å². The van der Waals surface area contributed by atoms with Crippen LogP contribution in [0.3, 0.4) is 0 Å². The van der Waals surface area contributed by atoms with E-state index in [-0.39, 0.29) is 6.61 Å². The van der Waals surface area contributed by atoms with Crippen LogP contribution in [0.5, 0.6) is 0 Å². The van der Waals surface area contributed by atoms with Crippen molar-refractivity contribution in [1.82, 2.24) is 5.32 Å². The van der Waals surface area contributed by atoms with Gasteiger partial charge in [0, 0.05) is 0 Å². The lowest BCUT2D eigenvalue weighted by Gasteiger charge is -2.18. The number of hydrogen-bond donors (Lipinski definition) is 2. The third-order valence-corrected chi connectivity index (χ3v) is 3.70. The van der Waals surface area contributed by atoms with Crippen molar-refractivity contribution in [3.63, 3.8) is 0 Å². The fourth-order valence-corrected chi connectivity index (χ4v) is 2.40. The van der Waals surface area contributed by atoms with Gasteiger partial charge < -0.3 is 10.1 Å². The first-order chi connectivity index (χ1) is 8.80. The number of alkyl carbamates (subject to hydrolysis) is 1. The molecule has 19 heavy (non-hydrogen) atoms. The Balaban J connectivity index is 2.55. The first kappa shape index (κ1) is 15.5. The predicted octanol–water partition coefficient (Wildman–Crippen LogP) is 1.78. The largest absolute Gasteiger partial charge is 0.445 e. The molecule has 6 nitrogen and oxygen atoms in total. The molecule has 1 amide bonds.